The van der Waals surface area contributed by atoms with Crippen LogP contribution in [0, 0.1) is 6.92 Å². The standard InChI is InChI=1S/C18H21BrO2.C2H6/c1-11-8-14(12(2)19)18-15(9-11)16(20)10-17(21-18)13-6-4-3-5-7-13;1-2/h8-10,12-13H,3-7H2,1-2H3;1-2H3. The van der Waals surface area contributed by atoms with Crippen LogP contribution in [0.3, 0.4) is 0 Å². The van der Waals surface area contributed by atoms with Gasteiger partial charge in [-0.1, -0.05) is 55.1 Å². The minimum absolute atomic E-state index is 0.0925. The summed E-state index contributed by atoms with van der Waals surface area (Å²) in [4.78, 5) is 12.7. The summed E-state index contributed by atoms with van der Waals surface area (Å²) in [5.74, 6) is 1.29. The third kappa shape index (κ3) is 4.06. The fourth-order valence-electron chi connectivity index (χ4n) is 3.34. The van der Waals surface area contributed by atoms with Crippen molar-refractivity contribution in [2.45, 2.75) is 70.5 Å². The molecule has 0 N–H and O–H groups in total. The zero-order valence-corrected chi connectivity index (χ0v) is 16.2. The van der Waals surface area contributed by atoms with E-state index in [2.05, 4.69) is 28.9 Å². The minimum atomic E-state index is 0.0925. The molecule has 1 aliphatic rings. The van der Waals surface area contributed by atoms with Crippen LogP contribution < -0.4 is 5.43 Å². The van der Waals surface area contributed by atoms with Gasteiger partial charge in [-0.25, -0.2) is 0 Å². The molecular formula is C20H27BrO2. The molecule has 2 aromatic rings. The van der Waals surface area contributed by atoms with Crippen molar-refractivity contribution in [1.82, 2.24) is 0 Å². The zero-order chi connectivity index (χ0) is 17.0. The van der Waals surface area contributed by atoms with E-state index in [1.807, 2.05) is 26.8 Å². The largest absolute Gasteiger partial charge is 0.460 e. The Bertz CT molecular complexity index is 709. The van der Waals surface area contributed by atoms with E-state index < -0.39 is 0 Å². The lowest BCUT2D eigenvalue weighted by Crippen LogP contribution is -2.10. The summed E-state index contributed by atoms with van der Waals surface area (Å²) in [6, 6.07) is 5.76. The lowest BCUT2D eigenvalue weighted by Gasteiger charge is -2.21. The summed E-state index contributed by atoms with van der Waals surface area (Å²) in [7, 11) is 0. The van der Waals surface area contributed by atoms with Crippen molar-refractivity contribution in [2.24, 2.45) is 0 Å². The van der Waals surface area contributed by atoms with Crippen LogP contribution in [-0.2, 0) is 0 Å². The number of rotatable bonds is 2. The highest BCUT2D eigenvalue weighted by molar-refractivity contribution is 9.09. The molecule has 1 atom stereocenters. The number of fused-ring (bicyclic) bond motifs is 1. The van der Waals surface area contributed by atoms with Crippen molar-refractivity contribution in [1.29, 1.82) is 0 Å². The Morgan fingerprint density at radius 2 is 1.78 bits per heavy atom. The normalized spacial score (nSPS) is 16.7. The molecule has 0 amide bonds. The summed E-state index contributed by atoms with van der Waals surface area (Å²) in [5, 5.41) is 0.704. The number of aryl methyl sites for hydroxylation is 1. The molecule has 0 saturated heterocycles. The van der Waals surface area contributed by atoms with Crippen molar-refractivity contribution in [3.63, 3.8) is 0 Å². The Balaban J connectivity index is 0.000000924. The van der Waals surface area contributed by atoms with E-state index in [0.29, 0.717) is 11.3 Å². The van der Waals surface area contributed by atoms with E-state index in [1.54, 1.807) is 6.07 Å². The number of hydrogen-bond acceptors (Lipinski definition) is 2. The molecule has 1 unspecified atom stereocenters. The summed E-state index contributed by atoms with van der Waals surface area (Å²) in [5.41, 5.74) is 3.02. The van der Waals surface area contributed by atoms with Gasteiger partial charge in [0.1, 0.15) is 11.3 Å². The van der Waals surface area contributed by atoms with Crippen molar-refractivity contribution in [2.75, 3.05) is 0 Å². The fourth-order valence-corrected chi connectivity index (χ4v) is 3.68. The van der Waals surface area contributed by atoms with E-state index in [4.69, 9.17) is 4.42 Å². The SMILES string of the molecule is CC.Cc1cc(C(C)Br)c2oc(C3CCCCC3)cc(=O)c2c1. The highest BCUT2D eigenvalue weighted by Crippen LogP contribution is 2.35. The summed E-state index contributed by atoms with van der Waals surface area (Å²) >= 11 is 3.62. The maximum atomic E-state index is 12.5. The van der Waals surface area contributed by atoms with Crippen LogP contribution in [0.1, 0.15) is 80.5 Å². The van der Waals surface area contributed by atoms with Crippen LogP contribution in [0.4, 0.5) is 0 Å². The predicted octanol–water partition coefficient (Wildman–Crippen LogP) is 6.63. The predicted molar refractivity (Wildman–Crippen MR) is 102 cm³/mol. The molecule has 1 fully saturated rings. The highest BCUT2D eigenvalue weighted by Gasteiger charge is 2.20. The smallest absolute Gasteiger partial charge is 0.192 e. The van der Waals surface area contributed by atoms with Gasteiger partial charge in [-0.05, 0) is 38.3 Å². The van der Waals surface area contributed by atoms with E-state index >= 15 is 0 Å². The Labute approximate surface area is 147 Å². The molecule has 3 heteroatoms. The van der Waals surface area contributed by atoms with Gasteiger partial charge in [0.15, 0.2) is 5.43 Å². The van der Waals surface area contributed by atoms with E-state index in [1.165, 1.54) is 19.3 Å². The van der Waals surface area contributed by atoms with E-state index in [-0.39, 0.29) is 10.3 Å². The number of halogens is 1. The van der Waals surface area contributed by atoms with Crippen molar-refractivity contribution in [3.8, 4) is 0 Å². The van der Waals surface area contributed by atoms with Crippen molar-refractivity contribution >= 4 is 26.9 Å². The molecule has 0 bridgehead atoms. The van der Waals surface area contributed by atoms with Gasteiger partial charge in [-0.3, -0.25) is 4.79 Å². The van der Waals surface area contributed by atoms with Gasteiger partial charge >= 0.3 is 0 Å². The van der Waals surface area contributed by atoms with Crippen molar-refractivity contribution < 1.29 is 4.42 Å². The third-order valence-electron chi connectivity index (χ3n) is 4.46. The molecule has 23 heavy (non-hydrogen) atoms. The zero-order valence-electron chi connectivity index (χ0n) is 14.6. The van der Waals surface area contributed by atoms with Crippen LogP contribution in [-0.4, -0.2) is 0 Å². The van der Waals surface area contributed by atoms with Gasteiger partial charge in [0, 0.05) is 22.4 Å². The monoisotopic (exact) mass is 378 g/mol. The van der Waals surface area contributed by atoms with Crippen LogP contribution in [0.2, 0.25) is 0 Å². The number of hydrogen-bond donors (Lipinski definition) is 0. The molecule has 1 heterocycles. The van der Waals surface area contributed by atoms with Gasteiger partial charge in [-0.2, -0.15) is 0 Å². The van der Waals surface area contributed by atoms with Crippen LogP contribution in [0.15, 0.2) is 27.4 Å². The van der Waals surface area contributed by atoms with Crippen molar-refractivity contribution in [3.05, 3.63) is 45.3 Å². The Morgan fingerprint density at radius 3 is 2.39 bits per heavy atom. The van der Waals surface area contributed by atoms with Gasteiger partial charge in [0.05, 0.1) is 5.39 Å². The lowest BCUT2D eigenvalue weighted by atomic mass is 9.87. The quantitative estimate of drug-likeness (QED) is 0.548. The van der Waals surface area contributed by atoms with E-state index in [0.717, 1.165) is 35.3 Å². The molecule has 0 spiro atoms. The number of benzene rings is 1. The van der Waals surface area contributed by atoms with Crippen LogP contribution in [0.25, 0.3) is 11.0 Å². The molecular weight excluding hydrogens is 352 g/mol. The Morgan fingerprint density at radius 1 is 1.13 bits per heavy atom. The maximum Gasteiger partial charge on any atom is 0.192 e. The van der Waals surface area contributed by atoms with Crippen LogP contribution in [0.5, 0.6) is 0 Å². The topological polar surface area (TPSA) is 30.2 Å². The summed E-state index contributed by atoms with van der Waals surface area (Å²) in [6.07, 6.45) is 6.06. The molecule has 1 aromatic heterocycles. The number of alkyl halides is 1. The lowest BCUT2D eigenvalue weighted by molar-refractivity contribution is 0.379. The highest BCUT2D eigenvalue weighted by atomic mass is 79.9. The van der Waals surface area contributed by atoms with Crippen LogP contribution >= 0.6 is 15.9 Å². The second kappa shape index (κ2) is 8.14. The van der Waals surface area contributed by atoms with Gasteiger partial charge < -0.3 is 4.42 Å². The first-order valence-electron chi connectivity index (χ1n) is 8.78. The molecule has 1 aromatic carbocycles. The fraction of sp³-hybridized carbons (Fsp3) is 0.550. The average Bonchev–Trinajstić information content (AvgIpc) is 2.57. The third-order valence-corrected chi connectivity index (χ3v) is 4.95. The van der Waals surface area contributed by atoms with Gasteiger partial charge in [0.25, 0.3) is 0 Å². The summed E-state index contributed by atoms with van der Waals surface area (Å²) in [6.45, 7) is 8.09. The first kappa shape index (κ1) is 18.3. The molecule has 3 rings (SSSR count). The Kier molecular flexibility index (Phi) is 6.46. The molecule has 2 nitrogen and oxygen atoms in total. The van der Waals surface area contributed by atoms with Gasteiger partial charge in [0.2, 0.25) is 0 Å². The molecule has 126 valence electrons. The molecule has 0 aliphatic heterocycles. The first-order chi connectivity index (χ1) is 11.1. The summed E-state index contributed by atoms with van der Waals surface area (Å²) < 4.78 is 6.20. The minimum Gasteiger partial charge on any atom is -0.460 e. The average molecular weight is 379 g/mol. The van der Waals surface area contributed by atoms with E-state index in [9.17, 15) is 4.79 Å². The molecule has 0 radical (unpaired) electrons. The second-order valence-corrected chi connectivity index (χ2v) is 7.57. The Hall–Kier alpha value is -1.09. The first-order valence-corrected chi connectivity index (χ1v) is 9.70. The molecule has 1 saturated carbocycles. The molecule has 1 aliphatic carbocycles. The second-order valence-electron chi connectivity index (χ2n) is 6.19. The van der Waals surface area contributed by atoms with Gasteiger partial charge in [-0.15, -0.1) is 0 Å². The maximum absolute atomic E-state index is 12.5.